The maximum Gasteiger partial charge on any atom is 0.269 e. The summed E-state index contributed by atoms with van der Waals surface area (Å²) in [4.78, 5) is 27.0. The summed E-state index contributed by atoms with van der Waals surface area (Å²) in [7, 11) is 1.66. The SMILES string of the molecule is COCCCNC(=O)C1CCCN(c2cnn(Cc3ccccc3)c(=O)c2)C1. The minimum Gasteiger partial charge on any atom is -0.385 e. The van der Waals surface area contributed by atoms with Crippen LogP contribution in [0.25, 0.3) is 0 Å². The summed E-state index contributed by atoms with van der Waals surface area (Å²) < 4.78 is 6.47. The number of piperidine rings is 1. The molecule has 1 aliphatic heterocycles. The quantitative estimate of drug-likeness (QED) is 0.701. The third kappa shape index (κ3) is 5.42. The third-order valence-electron chi connectivity index (χ3n) is 5.01. The van der Waals surface area contributed by atoms with Crippen molar-refractivity contribution in [3.05, 3.63) is 58.5 Å². The molecule has 1 unspecified atom stereocenters. The van der Waals surface area contributed by atoms with Gasteiger partial charge in [0.2, 0.25) is 5.91 Å². The van der Waals surface area contributed by atoms with Gasteiger partial charge < -0.3 is 15.0 Å². The molecule has 150 valence electrons. The summed E-state index contributed by atoms with van der Waals surface area (Å²) in [5.74, 6) is 0.00854. The summed E-state index contributed by atoms with van der Waals surface area (Å²) in [5.41, 5.74) is 1.69. The van der Waals surface area contributed by atoms with Gasteiger partial charge in [0.1, 0.15) is 0 Å². The van der Waals surface area contributed by atoms with Crippen LogP contribution in [-0.2, 0) is 16.1 Å². The molecular weight excluding hydrogens is 356 g/mol. The number of ether oxygens (including phenoxy) is 1. The zero-order valence-corrected chi connectivity index (χ0v) is 16.3. The predicted molar refractivity (Wildman–Crippen MR) is 108 cm³/mol. The first-order chi connectivity index (χ1) is 13.7. The second-order valence-corrected chi connectivity index (χ2v) is 7.12. The van der Waals surface area contributed by atoms with Crippen LogP contribution in [0.4, 0.5) is 5.69 Å². The van der Waals surface area contributed by atoms with Crippen molar-refractivity contribution in [1.29, 1.82) is 0 Å². The van der Waals surface area contributed by atoms with Crippen molar-refractivity contribution < 1.29 is 9.53 Å². The predicted octanol–water partition coefficient (Wildman–Crippen LogP) is 1.66. The molecule has 0 aliphatic carbocycles. The second kappa shape index (κ2) is 10.0. The van der Waals surface area contributed by atoms with Crippen LogP contribution in [0.2, 0.25) is 0 Å². The summed E-state index contributed by atoms with van der Waals surface area (Å²) in [5, 5.41) is 7.32. The lowest BCUT2D eigenvalue weighted by Crippen LogP contribution is -2.44. The third-order valence-corrected chi connectivity index (χ3v) is 5.01. The molecule has 1 aromatic carbocycles. The van der Waals surface area contributed by atoms with Gasteiger partial charge in [0.05, 0.1) is 24.3 Å². The number of hydrogen-bond donors (Lipinski definition) is 1. The molecule has 2 heterocycles. The molecule has 1 atom stereocenters. The number of nitrogens with one attached hydrogen (secondary N) is 1. The van der Waals surface area contributed by atoms with E-state index in [0.29, 0.717) is 26.2 Å². The molecule has 1 saturated heterocycles. The van der Waals surface area contributed by atoms with Crippen molar-refractivity contribution in [3.63, 3.8) is 0 Å². The van der Waals surface area contributed by atoms with E-state index in [-0.39, 0.29) is 17.4 Å². The second-order valence-electron chi connectivity index (χ2n) is 7.12. The number of carbonyl (C=O) groups excluding carboxylic acids is 1. The van der Waals surface area contributed by atoms with Gasteiger partial charge in [-0.1, -0.05) is 30.3 Å². The maximum atomic E-state index is 12.5. The highest BCUT2D eigenvalue weighted by molar-refractivity contribution is 5.79. The molecule has 0 spiro atoms. The minimum atomic E-state index is -0.132. The van der Waals surface area contributed by atoms with Gasteiger partial charge in [-0.25, -0.2) is 4.68 Å². The molecule has 0 bridgehead atoms. The van der Waals surface area contributed by atoms with E-state index < -0.39 is 0 Å². The van der Waals surface area contributed by atoms with Gasteiger partial charge in [0.15, 0.2) is 0 Å². The largest absolute Gasteiger partial charge is 0.385 e. The molecule has 1 fully saturated rings. The smallest absolute Gasteiger partial charge is 0.269 e. The Bertz CT molecular complexity index is 822. The Labute approximate surface area is 165 Å². The van der Waals surface area contributed by atoms with Crippen LogP contribution in [0.3, 0.4) is 0 Å². The summed E-state index contributed by atoms with van der Waals surface area (Å²) >= 11 is 0. The molecule has 28 heavy (non-hydrogen) atoms. The van der Waals surface area contributed by atoms with Crippen LogP contribution in [-0.4, -0.2) is 49.0 Å². The average molecular weight is 384 g/mol. The fraction of sp³-hybridized carbons (Fsp3) is 0.476. The van der Waals surface area contributed by atoms with Crippen LogP contribution in [0.15, 0.2) is 47.4 Å². The van der Waals surface area contributed by atoms with Crippen molar-refractivity contribution in [2.75, 3.05) is 38.3 Å². The number of amides is 1. The number of carbonyl (C=O) groups is 1. The molecule has 7 heteroatoms. The van der Waals surface area contributed by atoms with E-state index in [1.54, 1.807) is 19.4 Å². The van der Waals surface area contributed by atoms with Gasteiger partial charge in [-0.3, -0.25) is 9.59 Å². The van der Waals surface area contributed by atoms with Crippen LogP contribution in [0, 0.1) is 5.92 Å². The summed E-state index contributed by atoms with van der Waals surface area (Å²) in [6.07, 6.45) is 4.32. The number of benzene rings is 1. The molecule has 2 aromatic rings. The number of aromatic nitrogens is 2. The Balaban J connectivity index is 1.60. The Hall–Kier alpha value is -2.67. The van der Waals surface area contributed by atoms with Crippen molar-refractivity contribution in [2.24, 2.45) is 5.92 Å². The number of rotatable bonds is 8. The zero-order valence-electron chi connectivity index (χ0n) is 16.3. The molecule has 1 N–H and O–H groups in total. The molecule has 0 radical (unpaired) electrons. The van der Waals surface area contributed by atoms with E-state index in [2.05, 4.69) is 15.3 Å². The van der Waals surface area contributed by atoms with Crippen molar-refractivity contribution in [3.8, 4) is 0 Å². The van der Waals surface area contributed by atoms with Crippen LogP contribution >= 0.6 is 0 Å². The van der Waals surface area contributed by atoms with E-state index in [4.69, 9.17) is 4.74 Å². The molecule has 3 rings (SSSR count). The Kier molecular flexibility index (Phi) is 7.19. The van der Waals surface area contributed by atoms with Gasteiger partial charge in [-0.2, -0.15) is 5.10 Å². The fourth-order valence-electron chi connectivity index (χ4n) is 3.47. The molecule has 1 amide bonds. The van der Waals surface area contributed by atoms with E-state index in [9.17, 15) is 9.59 Å². The number of nitrogens with zero attached hydrogens (tertiary/aromatic N) is 3. The van der Waals surface area contributed by atoms with Crippen molar-refractivity contribution in [1.82, 2.24) is 15.1 Å². The monoisotopic (exact) mass is 384 g/mol. The van der Waals surface area contributed by atoms with Crippen molar-refractivity contribution >= 4 is 11.6 Å². The Morgan fingerprint density at radius 3 is 2.89 bits per heavy atom. The zero-order chi connectivity index (χ0) is 19.8. The number of hydrogen-bond acceptors (Lipinski definition) is 5. The lowest BCUT2D eigenvalue weighted by Gasteiger charge is -2.33. The minimum absolute atomic E-state index is 0.0666. The lowest BCUT2D eigenvalue weighted by atomic mass is 9.97. The van der Waals surface area contributed by atoms with Crippen molar-refractivity contribution in [2.45, 2.75) is 25.8 Å². The molecular formula is C21H28N4O3. The average Bonchev–Trinajstić information content (AvgIpc) is 2.73. The van der Waals surface area contributed by atoms with E-state index >= 15 is 0 Å². The van der Waals surface area contributed by atoms with Gasteiger partial charge in [-0.05, 0) is 24.8 Å². The van der Waals surface area contributed by atoms with Gasteiger partial charge in [0.25, 0.3) is 5.56 Å². The van der Waals surface area contributed by atoms with Gasteiger partial charge >= 0.3 is 0 Å². The molecule has 7 nitrogen and oxygen atoms in total. The molecule has 0 saturated carbocycles. The first-order valence-electron chi connectivity index (χ1n) is 9.80. The first kappa shape index (κ1) is 20.1. The highest BCUT2D eigenvalue weighted by Gasteiger charge is 2.26. The summed E-state index contributed by atoms with van der Waals surface area (Å²) in [6, 6.07) is 11.4. The lowest BCUT2D eigenvalue weighted by molar-refractivity contribution is -0.125. The van der Waals surface area contributed by atoms with Crippen LogP contribution in [0.5, 0.6) is 0 Å². The highest BCUT2D eigenvalue weighted by Crippen LogP contribution is 2.21. The molecule has 1 aromatic heterocycles. The van der Waals surface area contributed by atoms with E-state index in [1.165, 1.54) is 4.68 Å². The first-order valence-corrected chi connectivity index (χ1v) is 9.80. The molecule has 1 aliphatic rings. The topological polar surface area (TPSA) is 76.5 Å². The van der Waals surface area contributed by atoms with E-state index in [0.717, 1.165) is 37.1 Å². The normalized spacial score (nSPS) is 16.8. The van der Waals surface area contributed by atoms with Gasteiger partial charge in [0, 0.05) is 39.4 Å². The fourth-order valence-corrected chi connectivity index (χ4v) is 3.47. The summed E-state index contributed by atoms with van der Waals surface area (Å²) in [6.45, 7) is 3.16. The van der Waals surface area contributed by atoms with Crippen LogP contribution < -0.4 is 15.8 Å². The standard InChI is InChI=1S/C21H28N4O3/c1-28-12-6-10-22-21(27)18-9-5-11-24(16-18)19-13-20(26)25(23-14-19)15-17-7-3-2-4-8-17/h2-4,7-8,13-14,18H,5-6,9-12,15-16H2,1H3,(H,22,27). The Morgan fingerprint density at radius 1 is 1.32 bits per heavy atom. The maximum absolute atomic E-state index is 12.5. The number of anilines is 1. The van der Waals surface area contributed by atoms with E-state index in [1.807, 2.05) is 30.3 Å². The highest BCUT2D eigenvalue weighted by atomic mass is 16.5. The van der Waals surface area contributed by atoms with Crippen LogP contribution in [0.1, 0.15) is 24.8 Å². The number of methoxy groups -OCH3 is 1. The van der Waals surface area contributed by atoms with Gasteiger partial charge in [-0.15, -0.1) is 0 Å². The Morgan fingerprint density at radius 2 is 2.14 bits per heavy atom.